The van der Waals surface area contributed by atoms with Gasteiger partial charge in [0.15, 0.2) is 0 Å². The topological polar surface area (TPSA) is 47.6 Å². The van der Waals surface area contributed by atoms with Crippen LogP contribution in [-0.4, -0.2) is 0 Å². The molecule has 2 nitrogen and oxygen atoms in total. The second kappa shape index (κ2) is 9.32. The van der Waals surface area contributed by atoms with E-state index in [1.54, 1.807) is 0 Å². The number of hydrogen-bond donors (Lipinski definition) is 0. The molecule has 0 atom stereocenters. The Kier molecular flexibility index (Phi) is 7.42. The van der Waals surface area contributed by atoms with Gasteiger partial charge in [-0.1, -0.05) is 32.6 Å². The Morgan fingerprint density at radius 1 is 0.870 bits per heavy atom. The van der Waals surface area contributed by atoms with Gasteiger partial charge in [0.05, 0.1) is 17.6 Å². The van der Waals surface area contributed by atoms with Gasteiger partial charge in [-0.15, -0.1) is 0 Å². The maximum absolute atomic E-state index is 9.76. The Hall–Kier alpha value is -1.02. The number of nitriles is 2. The number of nitrogens with zero attached hydrogens (tertiary/aromatic N) is 2. The second-order valence-electron chi connectivity index (χ2n) is 8.22. The molecule has 2 aliphatic carbocycles. The lowest BCUT2D eigenvalue weighted by Gasteiger charge is -2.36. The van der Waals surface area contributed by atoms with Gasteiger partial charge >= 0.3 is 0 Å². The van der Waals surface area contributed by atoms with Crippen molar-refractivity contribution in [1.29, 1.82) is 10.5 Å². The van der Waals surface area contributed by atoms with Gasteiger partial charge in [-0.05, 0) is 76.0 Å². The standard InChI is InChI=1S/C21H34N2/c1-2-3-4-5-18-10-13-21(17-23,14-11-18)15-12-19-6-8-20(16-22)9-7-19/h18-20H,2-15H2,1H3/t18-,19?,20?,21+. The Bertz CT molecular complexity index is 412. The van der Waals surface area contributed by atoms with Crippen LogP contribution in [0.2, 0.25) is 0 Å². The Labute approximate surface area is 143 Å². The van der Waals surface area contributed by atoms with Gasteiger partial charge in [0, 0.05) is 5.92 Å². The van der Waals surface area contributed by atoms with E-state index in [0.717, 1.165) is 43.9 Å². The Balaban J connectivity index is 1.71. The molecule has 2 heteroatoms. The molecular formula is C21H34N2. The van der Waals surface area contributed by atoms with Crippen LogP contribution in [0.3, 0.4) is 0 Å². The van der Waals surface area contributed by atoms with E-state index in [4.69, 9.17) is 5.26 Å². The van der Waals surface area contributed by atoms with Crippen molar-refractivity contribution < 1.29 is 0 Å². The first kappa shape index (κ1) is 18.3. The van der Waals surface area contributed by atoms with Crippen LogP contribution < -0.4 is 0 Å². The van der Waals surface area contributed by atoms with Crippen molar-refractivity contribution in [3.8, 4) is 12.1 Å². The molecular weight excluding hydrogens is 280 g/mol. The molecule has 128 valence electrons. The van der Waals surface area contributed by atoms with Crippen LogP contribution >= 0.6 is 0 Å². The molecule has 2 aliphatic rings. The van der Waals surface area contributed by atoms with Gasteiger partial charge in [0.25, 0.3) is 0 Å². The molecule has 2 rings (SSSR count). The van der Waals surface area contributed by atoms with Crippen LogP contribution in [0.15, 0.2) is 0 Å². The molecule has 2 fully saturated rings. The fourth-order valence-electron chi connectivity index (χ4n) is 4.68. The molecule has 0 amide bonds. The lowest BCUT2D eigenvalue weighted by atomic mass is 9.66. The van der Waals surface area contributed by atoms with Crippen molar-refractivity contribution in [2.24, 2.45) is 23.2 Å². The van der Waals surface area contributed by atoms with E-state index in [1.165, 1.54) is 57.8 Å². The van der Waals surface area contributed by atoms with Gasteiger partial charge in [-0.3, -0.25) is 0 Å². The summed E-state index contributed by atoms with van der Waals surface area (Å²) in [4.78, 5) is 0. The molecule has 0 N–H and O–H groups in total. The number of unbranched alkanes of at least 4 members (excludes halogenated alkanes) is 2. The van der Waals surface area contributed by atoms with E-state index in [-0.39, 0.29) is 5.41 Å². The molecule has 0 heterocycles. The molecule has 0 aromatic heterocycles. The zero-order valence-corrected chi connectivity index (χ0v) is 15.0. The zero-order chi connectivity index (χ0) is 16.5. The number of hydrogen-bond acceptors (Lipinski definition) is 2. The summed E-state index contributed by atoms with van der Waals surface area (Å²) in [6.07, 6.45) is 17.2. The van der Waals surface area contributed by atoms with Crippen LogP contribution in [0.1, 0.15) is 96.8 Å². The van der Waals surface area contributed by atoms with Crippen molar-refractivity contribution in [3.05, 3.63) is 0 Å². The average Bonchev–Trinajstić information content (AvgIpc) is 2.62. The lowest BCUT2D eigenvalue weighted by Crippen LogP contribution is -2.27. The second-order valence-corrected chi connectivity index (χ2v) is 8.22. The van der Waals surface area contributed by atoms with Gasteiger partial charge in [-0.25, -0.2) is 0 Å². The zero-order valence-electron chi connectivity index (χ0n) is 15.0. The van der Waals surface area contributed by atoms with E-state index in [0.29, 0.717) is 5.92 Å². The molecule has 0 aliphatic heterocycles. The highest BCUT2D eigenvalue weighted by Crippen LogP contribution is 2.45. The first-order valence-corrected chi connectivity index (χ1v) is 10.0. The summed E-state index contributed by atoms with van der Waals surface area (Å²) in [5.74, 6) is 1.95. The fraction of sp³-hybridized carbons (Fsp3) is 0.905. The van der Waals surface area contributed by atoms with Gasteiger partial charge in [0.2, 0.25) is 0 Å². The molecule has 0 aromatic rings. The van der Waals surface area contributed by atoms with Crippen LogP contribution in [0.5, 0.6) is 0 Å². The van der Waals surface area contributed by atoms with E-state index in [1.807, 2.05) is 0 Å². The van der Waals surface area contributed by atoms with Crippen LogP contribution in [0.4, 0.5) is 0 Å². The molecule has 2 saturated carbocycles. The summed E-state index contributed by atoms with van der Waals surface area (Å²) in [7, 11) is 0. The van der Waals surface area contributed by atoms with Gasteiger partial charge in [0.1, 0.15) is 0 Å². The smallest absolute Gasteiger partial charge is 0.0689 e. The highest BCUT2D eigenvalue weighted by Gasteiger charge is 2.35. The highest BCUT2D eigenvalue weighted by molar-refractivity contribution is 5.02. The summed E-state index contributed by atoms with van der Waals surface area (Å²) in [6.45, 7) is 2.27. The fourth-order valence-corrected chi connectivity index (χ4v) is 4.68. The van der Waals surface area contributed by atoms with Crippen molar-refractivity contribution in [1.82, 2.24) is 0 Å². The first-order valence-electron chi connectivity index (χ1n) is 10.0. The first-order chi connectivity index (χ1) is 11.2. The summed E-state index contributed by atoms with van der Waals surface area (Å²) in [5, 5.41) is 18.8. The molecule has 0 bridgehead atoms. The predicted molar refractivity (Wildman–Crippen MR) is 94.4 cm³/mol. The Morgan fingerprint density at radius 3 is 2.09 bits per heavy atom. The third-order valence-electron chi connectivity index (χ3n) is 6.58. The largest absolute Gasteiger partial charge is 0.198 e. The minimum absolute atomic E-state index is 0.0205. The highest BCUT2D eigenvalue weighted by atomic mass is 14.4. The van der Waals surface area contributed by atoms with Gasteiger partial charge < -0.3 is 0 Å². The Morgan fingerprint density at radius 2 is 1.52 bits per heavy atom. The molecule has 0 aromatic carbocycles. The number of rotatable bonds is 7. The molecule has 23 heavy (non-hydrogen) atoms. The van der Waals surface area contributed by atoms with E-state index >= 15 is 0 Å². The van der Waals surface area contributed by atoms with Crippen molar-refractivity contribution >= 4 is 0 Å². The third-order valence-corrected chi connectivity index (χ3v) is 6.58. The summed E-state index contributed by atoms with van der Waals surface area (Å²) >= 11 is 0. The van der Waals surface area contributed by atoms with Gasteiger partial charge in [-0.2, -0.15) is 10.5 Å². The molecule has 0 saturated heterocycles. The summed E-state index contributed by atoms with van der Waals surface area (Å²) in [5.41, 5.74) is -0.0205. The third kappa shape index (κ3) is 5.53. The SMILES string of the molecule is CCCCC[C@H]1CC[C@](C#N)(CCC2CCC(C#N)CC2)CC1. The lowest BCUT2D eigenvalue weighted by molar-refractivity contribution is 0.167. The molecule has 0 unspecified atom stereocenters. The minimum Gasteiger partial charge on any atom is -0.198 e. The van der Waals surface area contributed by atoms with E-state index in [9.17, 15) is 5.26 Å². The maximum Gasteiger partial charge on any atom is 0.0689 e. The molecule has 0 radical (unpaired) electrons. The predicted octanol–water partition coefficient (Wildman–Crippen LogP) is 6.38. The molecule has 0 spiro atoms. The normalized spacial score (nSPS) is 34.5. The van der Waals surface area contributed by atoms with Crippen LogP contribution in [0.25, 0.3) is 0 Å². The summed E-state index contributed by atoms with van der Waals surface area (Å²) in [6, 6.07) is 5.13. The average molecular weight is 315 g/mol. The van der Waals surface area contributed by atoms with Crippen molar-refractivity contribution in [3.63, 3.8) is 0 Å². The maximum atomic E-state index is 9.76. The minimum atomic E-state index is -0.0205. The summed E-state index contributed by atoms with van der Waals surface area (Å²) < 4.78 is 0. The van der Waals surface area contributed by atoms with Crippen molar-refractivity contribution in [2.75, 3.05) is 0 Å². The van der Waals surface area contributed by atoms with E-state index in [2.05, 4.69) is 19.1 Å². The van der Waals surface area contributed by atoms with E-state index < -0.39 is 0 Å². The monoisotopic (exact) mass is 314 g/mol. The van der Waals surface area contributed by atoms with Crippen molar-refractivity contribution in [2.45, 2.75) is 96.8 Å². The van der Waals surface area contributed by atoms with Crippen LogP contribution in [-0.2, 0) is 0 Å². The quantitative estimate of drug-likeness (QED) is 0.512. The van der Waals surface area contributed by atoms with Crippen LogP contribution in [0, 0.1) is 45.8 Å².